The number of hydrogen-bond acceptors (Lipinski definition) is 3. The van der Waals surface area contributed by atoms with Crippen molar-refractivity contribution in [3.05, 3.63) is 35.9 Å². The Kier molecular flexibility index (Phi) is 6.34. The molecule has 25 heavy (non-hydrogen) atoms. The largest absolute Gasteiger partial charge is 0.369 e. The zero-order valence-electron chi connectivity index (χ0n) is 15.1. The Morgan fingerprint density at radius 3 is 2.36 bits per heavy atom. The van der Waals surface area contributed by atoms with E-state index in [1.54, 1.807) is 12.1 Å². The summed E-state index contributed by atoms with van der Waals surface area (Å²) in [5, 5.41) is 2.97. The molecular formula is C20H28N2O3. The van der Waals surface area contributed by atoms with Crippen molar-refractivity contribution in [1.29, 1.82) is 0 Å². The second-order valence-electron chi connectivity index (χ2n) is 7.77. The van der Waals surface area contributed by atoms with E-state index in [2.05, 4.69) is 5.32 Å². The van der Waals surface area contributed by atoms with Gasteiger partial charge in [-0.3, -0.25) is 14.4 Å². The molecule has 1 aromatic rings. The van der Waals surface area contributed by atoms with Gasteiger partial charge in [-0.2, -0.15) is 0 Å². The quantitative estimate of drug-likeness (QED) is 0.745. The Hall–Kier alpha value is -2.17. The minimum Gasteiger partial charge on any atom is -0.369 e. The Bertz CT molecular complexity index is 625. The molecule has 1 aliphatic rings. The van der Waals surface area contributed by atoms with E-state index in [1.165, 1.54) is 0 Å². The molecular weight excluding hydrogens is 316 g/mol. The molecule has 0 heterocycles. The Balaban J connectivity index is 1.91. The lowest BCUT2D eigenvalue weighted by Gasteiger charge is -2.31. The van der Waals surface area contributed by atoms with E-state index in [0.717, 1.165) is 25.7 Å². The number of Topliss-reactive ketones (excluding diaryl/α,β-unsaturated/α-hetero) is 1. The van der Waals surface area contributed by atoms with Gasteiger partial charge < -0.3 is 11.1 Å². The zero-order valence-corrected chi connectivity index (χ0v) is 15.1. The molecule has 0 unspecified atom stereocenters. The summed E-state index contributed by atoms with van der Waals surface area (Å²) in [6.07, 6.45) is 4.02. The topological polar surface area (TPSA) is 89.3 Å². The highest BCUT2D eigenvalue weighted by Gasteiger charge is 2.32. The lowest BCUT2D eigenvalue weighted by Crippen LogP contribution is -2.47. The van der Waals surface area contributed by atoms with Gasteiger partial charge in [0.05, 0.1) is 5.92 Å². The van der Waals surface area contributed by atoms with Crippen LogP contribution in [-0.2, 0) is 9.59 Å². The number of nitrogens with two attached hydrogens (primary N) is 1. The van der Waals surface area contributed by atoms with Gasteiger partial charge in [0.25, 0.3) is 0 Å². The summed E-state index contributed by atoms with van der Waals surface area (Å²) < 4.78 is 0. The average molecular weight is 344 g/mol. The van der Waals surface area contributed by atoms with E-state index < -0.39 is 5.41 Å². The van der Waals surface area contributed by atoms with E-state index in [9.17, 15) is 14.4 Å². The Morgan fingerprint density at radius 1 is 1.08 bits per heavy atom. The summed E-state index contributed by atoms with van der Waals surface area (Å²) in [6, 6.07) is 8.93. The van der Waals surface area contributed by atoms with Gasteiger partial charge in [0, 0.05) is 24.4 Å². The second-order valence-corrected chi connectivity index (χ2v) is 7.77. The molecule has 2 amide bonds. The smallest absolute Gasteiger partial charge is 0.222 e. The van der Waals surface area contributed by atoms with Crippen molar-refractivity contribution in [1.82, 2.24) is 5.32 Å². The van der Waals surface area contributed by atoms with Crippen LogP contribution in [0.25, 0.3) is 0 Å². The summed E-state index contributed by atoms with van der Waals surface area (Å²) in [7, 11) is 0. The Labute approximate surface area is 149 Å². The van der Waals surface area contributed by atoms with E-state index >= 15 is 0 Å². The molecule has 1 saturated carbocycles. The van der Waals surface area contributed by atoms with Gasteiger partial charge in [0.2, 0.25) is 11.8 Å². The molecule has 3 N–H and O–H groups in total. The predicted molar refractivity (Wildman–Crippen MR) is 96.9 cm³/mol. The highest BCUT2D eigenvalue weighted by atomic mass is 16.2. The normalized spacial score (nSPS) is 20.7. The van der Waals surface area contributed by atoms with Gasteiger partial charge in [-0.25, -0.2) is 0 Å². The number of nitrogens with one attached hydrogen (secondary N) is 1. The van der Waals surface area contributed by atoms with Gasteiger partial charge in [-0.05, 0) is 18.3 Å². The number of primary amides is 1. The number of ketones is 1. The summed E-state index contributed by atoms with van der Waals surface area (Å²) in [5.41, 5.74) is 5.67. The fraction of sp³-hybridized carbons (Fsp3) is 0.550. The second kappa shape index (κ2) is 8.28. The summed E-state index contributed by atoms with van der Waals surface area (Å²) in [5.74, 6) is -0.717. The predicted octanol–water partition coefficient (Wildman–Crippen LogP) is 2.84. The number of amides is 2. The molecule has 2 rings (SSSR count). The molecule has 1 aromatic carbocycles. The van der Waals surface area contributed by atoms with Gasteiger partial charge >= 0.3 is 0 Å². The van der Waals surface area contributed by atoms with E-state index in [-0.39, 0.29) is 36.0 Å². The standard InChI is InChI=1S/C20H28N2O3/c1-20(2,12-17(23)14-8-4-3-5-9-14)13-18(24)22-16-11-7-6-10-15(16)19(21)25/h3-5,8-9,15-16H,6-7,10-13H2,1-2H3,(H2,21,25)(H,22,24)/t15-,16-/m1/s1. The lowest BCUT2D eigenvalue weighted by atomic mass is 9.81. The number of carbonyl (C=O) groups excluding carboxylic acids is 3. The van der Waals surface area contributed by atoms with Crippen molar-refractivity contribution in [2.24, 2.45) is 17.1 Å². The average Bonchev–Trinajstić information content (AvgIpc) is 2.54. The van der Waals surface area contributed by atoms with Crippen LogP contribution in [0.2, 0.25) is 0 Å². The maximum Gasteiger partial charge on any atom is 0.222 e. The molecule has 0 aliphatic heterocycles. The Morgan fingerprint density at radius 2 is 1.72 bits per heavy atom. The number of benzene rings is 1. The third-order valence-electron chi connectivity index (χ3n) is 4.85. The molecule has 5 heteroatoms. The first-order chi connectivity index (χ1) is 11.8. The van der Waals surface area contributed by atoms with Crippen LogP contribution in [-0.4, -0.2) is 23.6 Å². The van der Waals surface area contributed by atoms with E-state index in [4.69, 9.17) is 5.73 Å². The van der Waals surface area contributed by atoms with Crippen molar-refractivity contribution < 1.29 is 14.4 Å². The molecule has 5 nitrogen and oxygen atoms in total. The number of hydrogen-bond donors (Lipinski definition) is 2. The third-order valence-corrected chi connectivity index (χ3v) is 4.85. The minimum absolute atomic E-state index is 0.0334. The monoisotopic (exact) mass is 344 g/mol. The first kappa shape index (κ1) is 19.2. The van der Waals surface area contributed by atoms with Crippen molar-refractivity contribution in [3.63, 3.8) is 0 Å². The van der Waals surface area contributed by atoms with Crippen LogP contribution in [0.4, 0.5) is 0 Å². The van der Waals surface area contributed by atoms with Gasteiger partial charge in [-0.1, -0.05) is 57.0 Å². The molecule has 1 fully saturated rings. The fourth-order valence-corrected chi connectivity index (χ4v) is 3.56. The van der Waals surface area contributed by atoms with Crippen molar-refractivity contribution in [2.45, 2.75) is 58.4 Å². The molecule has 0 aromatic heterocycles. The van der Waals surface area contributed by atoms with Crippen LogP contribution >= 0.6 is 0 Å². The van der Waals surface area contributed by atoms with Crippen LogP contribution < -0.4 is 11.1 Å². The van der Waals surface area contributed by atoms with Crippen LogP contribution in [0.3, 0.4) is 0 Å². The SMILES string of the molecule is CC(C)(CC(=O)N[C@@H]1CCCC[C@H]1C(N)=O)CC(=O)c1ccccc1. The third kappa shape index (κ3) is 5.69. The van der Waals surface area contributed by atoms with Crippen molar-refractivity contribution in [3.8, 4) is 0 Å². The highest BCUT2D eigenvalue weighted by Crippen LogP contribution is 2.29. The summed E-state index contributed by atoms with van der Waals surface area (Å²) in [6.45, 7) is 3.83. The summed E-state index contributed by atoms with van der Waals surface area (Å²) >= 11 is 0. The van der Waals surface area contributed by atoms with E-state index in [0.29, 0.717) is 12.0 Å². The van der Waals surface area contributed by atoms with Crippen molar-refractivity contribution >= 4 is 17.6 Å². The highest BCUT2D eigenvalue weighted by molar-refractivity contribution is 5.96. The molecule has 0 saturated heterocycles. The maximum absolute atomic E-state index is 12.4. The van der Waals surface area contributed by atoms with Crippen LogP contribution in [0.1, 0.15) is 62.7 Å². The first-order valence-corrected chi connectivity index (χ1v) is 8.95. The number of carbonyl (C=O) groups is 3. The zero-order chi connectivity index (χ0) is 18.4. The van der Waals surface area contributed by atoms with Crippen LogP contribution in [0.15, 0.2) is 30.3 Å². The molecule has 1 aliphatic carbocycles. The van der Waals surface area contributed by atoms with Gasteiger partial charge in [0.15, 0.2) is 5.78 Å². The molecule has 136 valence electrons. The van der Waals surface area contributed by atoms with Gasteiger partial charge in [-0.15, -0.1) is 0 Å². The fourth-order valence-electron chi connectivity index (χ4n) is 3.56. The van der Waals surface area contributed by atoms with Crippen molar-refractivity contribution in [2.75, 3.05) is 0 Å². The minimum atomic E-state index is -0.451. The molecule has 2 atom stereocenters. The molecule has 0 spiro atoms. The maximum atomic E-state index is 12.4. The molecule has 0 bridgehead atoms. The van der Waals surface area contributed by atoms with Crippen LogP contribution in [0, 0.1) is 11.3 Å². The number of rotatable bonds is 7. The van der Waals surface area contributed by atoms with Crippen LogP contribution in [0.5, 0.6) is 0 Å². The van der Waals surface area contributed by atoms with E-state index in [1.807, 2.05) is 32.0 Å². The van der Waals surface area contributed by atoms with Gasteiger partial charge in [0.1, 0.15) is 0 Å². The first-order valence-electron chi connectivity index (χ1n) is 8.95. The molecule has 0 radical (unpaired) electrons. The summed E-state index contributed by atoms with van der Waals surface area (Å²) in [4.78, 5) is 36.4. The lowest BCUT2D eigenvalue weighted by molar-refractivity contribution is -0.127.